The van der Waals surface area contributed by atoms with Gasteiger partial charge in [0, 0.05) is 5.56 Å². The maximum Gasteiger partial charge on any atom is 0.294 e. The van der Waals surface area contributed by atoms with Crippen LogP contribution in [0.4, 0.5) is 5.82 Å². The molecule has 36 heavy (non-hydrogen) atoms. The first kappa shape index (κ1) is 24.4. The van der Waals surface area contributed by atoms with Crippen LogP contribution in [-0.4, -0.2) is 50.1 Å². The lowest BCUT2D eigenvalue weighted by Gasteiger charge is -2.09. The molecular weight excluding hydrogens is 464 g/mol. The maximum atomic E-state index is 13.1. The fourth-order valence-electron chi connectivity index (χ4n) is 3.34. The van der Waals surface area contributed by atoms with Crippen LogP contribution in [0.15, 0.2) is 58.3 Å². The lowest BCUT2D eigenvalue weighted by molar-refractivity contribution is 0.0950. The van der Waals surface area contributed by atoms with Crippen molar-refractivity contribution in [2.24, 2.45) is 5.10 Å². The van der Waals surface area contributed by atoms with Crippen molar-refractivity contribution in [2.45, 2.75) is 27.2 Å². The summed E-state index contributed by atoms with van der Waals surface area (Å²) < 4.78 is 17.2. The molecule has 0 saturated carbocycles. The molecule has 0 bridgehead atoms. The van der Waals surface area contributed by atoms with Crippen LogP contribution in [0.1, 0.15) is 43.2 Å². The first-order chi connectivity index (χ1) is 17.5. The van der Waals surface area contributed by atoms with Crippen LogP contribution in [0.2, 0.25) is 0 Å². The Kier molecular flexibility index (Phi) is 7.54. The minimum atomic E-state index is -0.574. The Hall–Kier alpha value is -4.74. The van der Waals surface area contributed by atoms with E-state index < -0.39 is 5.91 Å². The Morgan fingerprint density at radius 1 is 1.11 bits per heavy atom. The van der Waals surface area contributed by atoms with E-state index in [4.69, 9.17) is 19.8 Å². The van der Waals surface area contributed by atoms with E-state index in [0.29, 0.717) is 35.9 Å². The minimum Gasteiger partial charge on any atom is -0.494 e. The van der Waals surface area contributed by atoms with Crippen LogP contribution in [0.25, 0.3) is 17.1 Å². The number of carbonyl (C=O) groups excluding carboxylic acids is 1. The van der Waals surface area contributed by atoms with Crippen molar-refractivity contribution in [3.63, 3.8) is 0 Å². The topological polar surface area (TPSA) is 156 Å². The van der Waals surface area contributed by atoms with Gasteiger partial charge in [-0.1, -0.05) is 24.3 Å². The van der Waals surface area contributed by atoms with Gasteiger partial charge in [0.1, 0.15) is 17.2 Å². The van der Waals surface area contributed by atoms with Gasteiger partial charge in [0.2, 0.25) is 11.6 Å². The number of nitrogens with zero attached hydrogens (tertiary/aromatic N) is 6. The van der Waals surface area contributed by atoms with E-state index in [2.05, 4.69) is 31.2 Å². The first-order valence-corrected chi connectivity index (χ1v) is 11.4. The van der Waals surface area contributed by atoms with E-state index in [-0.39, 0.29) is 17.3 Å². The summed E-state index contributed by atoms with van der Waals surface area (Å²) in [5.74, 6) is 0.906. The number of benzene rings is 2. The van der Waals surface area contributed by atoms with E-state index in [1.165, 1.54) is 4.68 Å². The Bertz CT molecular complexity index is 1360. The van der Waals surface area contributed by atoms with Gasteiger partial charge in [0.15, 0.2) is 5.69 Å². The third-order valence-electron chi connectivity index (χ3n) is 5.07. The molecule has 0 spiro atoms. The molecule has 186 valence electrons. The van der Waals surface area contributed by atoms with E-state index in [9.17, 15) is 4.79 Å². The van der Waals surface area contributed by atoms with Crippen molar-refractivity contribution < 1.29 is 18.9 Å². The molecule has 1 amide bonds. The Balaban J connectivity index is 1.63. The van der Waals surface area contributed by atoms with Crippen LogP contribution < -0.4 is 20.6 Å². The number of ether oxygens (including phenoxy) is 2. The van der Waals surface area contributed by atoms with Crippen molar-refractivity contribution >= 4 is 17.4 Å². The molecule has 0 aliphatic rings. The van der Waals surface area contributed by atoms with Gasteiger partial charge in [-0.15, -0.1) is 5.10 Å². The van der Waals surface area contributed by atoms with Gasteiger partial charge >= 0.3 is 0 Å². The van der Waals surface area contributed by atoms with Crippen molar-refractivity contribution in [3.05, 3.63) is 59.8 Å². The molecule has 2 heterocycles. The Morgan fingerprint density at radius 2 is 1.92 bits per heavy atom. The first-order valence-electron chi connectivity index (χ1n) is 11.4. The highest BCUT2D eigenvalue weighted by Crippen LogP contribution is 2.29. The zero-order valence-corrected chi connectivity index (χ0v) is 20.1. The highest BCUT2D eigenvalue weighted by molar-refractivity contribution is 6.02. The highest BCUT2D eigenvalue weighted by Gasteiger charge is 2.25. The number of rotatable bonds is 10. The standard InChI is InChI=1S/C24H26N8O4/c1-4-13-35-18-11-9-16(10-12-18)15(3)26-28-24(33)20-21(17-7-6-8-19(14-17)34-5-2)32(31-27-20)23-22(25)29-36-30-23/h6-12,14H,4-5,13H2,1-3H3,(H2,25,29)(H,28,33)/b26-15-. The molecule has 2 aromatic carbocycles. The predicted molar refractivity (Wildman–Crippen MR) is 132 cm³/mol. The number of aromatic nitrogens is 5. The second-order valence-electron chi connectivity index (χ2n) is 7.64. The van der Waals surface area contributed by atoms with Gasteiger partial charge in [0.05, 0.1) is 18.9 Å². The smallest absolute Gasteiger partial charge is 0.294 e. The number of nitrogen functional groups attached to an aromatic ring is 1. The number of hydrogen-bond donors (Lipinski definition) is 2. The van der Waals surface area contributed by atoms with E-state index in [1.54, 1.807) is 31.2 Å². The molecule has 0 aliphatic heterocycles. The summed E-state index contributed by atoms with van der Waals surface area (Å²) in [6, 6.07) is 14.6. The van der Waals surface area contributed by atoms with Crippen molar-refractivity contribution in [1.29, 1.82) is 0 Å². The molecule has 0 unspecified atom stereocenters. The molecular formula is C24H26N8O4. The number of amides is 1. The van der Waals surface area contributed by atoms with Crippen molar-refractivity contribution in [1.82, 2.24) is 30.7 Å². The van der Waals surface area contributed by atoms with Gasteiger partial charge in [-0.05, 0) is 72.5 Å². The summed E-state index contributed by atoms with van der Waals surface area (Å²) in [5.41, 5.74) is 10.8. The number of hydrazone groups is 1. The van der Waals surface area contributed by atoms with Gasteiger partial charge in [-0.25, -0.2) is 10.1 Å². The van der Waals surface area contributed by atoms with Crippen LogP contribution in [0, 0.1) is 0 Å². The predicted octanol–water partition coefficient (Wildman–Crippen LogP) is 3.24. The molecule has 0 fully saturated rings. The third kappa shape index (κ3) is 5.32. The third-order valence-corrected chi connectivity index (χ3v) is 5.07. The van der Waals surface area contributed by atoms with E-state index >= 15 is 0 Å². The van der Waals surface area contributed by atoms with Crippen LogP contribution in [0.5, 0.6) is 11.5 Å². The normalized spacial score (nSPS) is 11.4. The molecule has 4 aromatic rings. The summed E-state index contributed by atoms with van der Waals surface area (Å²) in [7, 11) is 0. The summed E-state index contributed by atoms with van der Waals surface area (Å²) in [4.78, 5) is 13.1. The average molecular weight is 491 g/mol. The number of anilines is 1. The zero-order valence-electron chi connectivity index (χ0n) is 20.1. The van der Waals surface area contributed by atoms with Crippen LogP contribution >= 0.6 is 0 Å². The van der Waals surface area contributed by atoms with Crippen molar-refractivity contribution in [2.75, 3.05) is 18.9 Å². The van der Waals surface area contributed by atoms with E-state index in [1.807, 2.05) is 38.1 Å². The molecule has 0 radical (unpaired) electrons. The van der Waals surface area contributed by atoms with Gasteiger partial charge < -0.3 is 15.2 Å². The Labute approximate surface area is 207 Å². The fraction of sp³-hybridized carbons (Fsp3) is 0.250. The molecule has 4 rings (SSSR count). The number of nitrogens with two attached hydrogens (primary N) is 1. The van der Waals surface area contributed by atoms with Gasteiger partial charge in [-0.3, -0.25) is 4.79 Å². The number of nitrogens with one attached hydrogen (secondary N) is 1. The largest absolute Gasteiger partial charge is 0.494 e. The second kappa shape index (κ2) is 11.1. The second-order valence-corrected chi connectivity index (χ2v) is 7.64. The van der Waals surface area contributed by atoms with E-state index in [0.717, 1.165) is 17.7 Å². The summed E-state index contributed by atoms with van der Waals surface area (Å²) in [6.07, 6.45) is 0.927. The lowest BCUT2D eigenvalue weighted by Crippen LogP contribution is -2.21. The molecule has 0 saturated heterocycles. The SMILES string of the molecule is CCCOc1ccc(/C(C)=N\NC(=O)c2nnn(-c3nonc3N)c2-c2cccc(OCC)c2)cc1. The van der Waals surface area contributed by atoms with Crippen LogP contribution in [-0.2, 0) is 0 Å². The van der Waals surface area contributed by atoms with Gasteiger partial charge in [-0.2, -0.15) is 9.78 Å². The minimum absolute atomic E-state index is 0.00528. The molecule has 0 atom stereocenters. The van der Waals surface area contributed by atoms with Gasteiger partial charge in [0.25, 0.3) is 5.91 Å². The number of hydrogen-bond acceptors (Lipinski definition) is 10. The molecule has 2 aromatic heterocycles. The van der Waals surface area contributed by atoms with Crippen molar-refractivity contribution in [3.8, 4) is 28.6 Å². The highest BCUT2D eigenvalue weighted by atomic mass is 16.6. The monoisotopic (exact) mass is 490 g/mol. The summed E-state index contributed by atoms with van der Waals surface area (Å²) >= 11 is 0. The average Bonchev–Trinajstić information content (AvgIpc) is 3.52. The molecule has 3 N–H and O–H groups in total. The fourth-order valence-corrected chi connectivity index (χ4v) is 3.34. The van der Waals surface area contributed by atoms with Crippen LogP contribution in [0.3, 0.4) is 0 Å². The summed E-state index contributed by atoms with van der Waals surface area (Å²) in [5, 5.41) is 19.8. The lowest BCUT2D eigenvalue weighted by atomic mass is 10.1. The molecule has 12 heteroatoms. The number of carbonyl (C=O) groups is 1. The molecule has 12 nitrogen and oxygen atoms in total. The molecule has 0 aliphatic carbocycles. The summed E-state index contributed by atoms with van der Waals surface area (Å²) in [6.45, 7) is 6.84. The Morgan fingerprint density at radius 3 is 2.61 bits per heavy atom. The maximum absolute atomic E-state index is 13.1. The zero-order chi connectivity index (χ0) is 25.5. The quantitative estimate of drug-likeness (QED) is 0.252.